The zero-order chi connectivity index (χ0) is 21.7. The Morgan fingerprint density at radius 1 is 1.20 bits per heavy atom. The van der Waals surface area contributed by atoms with E-state index in [1.807, 2.05) is 30.3 Å². The quantitative estimate of drug-likeness (QED) is 0.657. The molecular formula is C21H26N4O5. The molecular weight excluding hydrogens is 388 g/mol. The van der Waals surface area contributed by atoms with E-state index in [0.717, 1.165) is 36.1 Å². The smallest absolute Gasteiger partial charge is 0.330 e. The van der Waals surface area contributed by atoms with Crippen molar-refractivity contribution in [2.75, 3.05) is 24.3 Å². The van der Waals surface area contributed by atoms with Crippen molar-refractivity contribution in [2.45, 2.75) is 38.6 Å². The number of amides is 1. The van der Waals surface area contributed by atoms with Crippen molar-refractivity contribution in [1.82, 2.24) is 9.55 Å². The topological polar surface area (TPSA) is 127 Å². The van der Waals surface area contributed by atoms with Gasteiger partial charge in [0.05, 0.1) is 6.54 Å². The second kappa shape index (κ2) is 9.43. The third-order valence-corrected chi connectivity index (χ3v) is 5.39. The molecule has 0 unspecified atom stereocenters. The fourth-order valence-electron chi connectivity index (χ4n) is 3.70. The first-order valence-corrected chi connectivity index (χ1v) is 9.95. The highest BCUT2D eigenvalue weighted by atomic mass is 16.5. The molecule has 9 nitrogen and oxygen atoms in total. The summed E-state index contributed by atoms with van der Waals surface area (Å²) in [5.74, 6) is -0.873. The SMILES string of the molecule is CN(C(=O)COC(=O)CC1CCCC1)c1c(N)n(Cc2ccccc2)c(=O)[nH]c1=O. The minimum atomic E-state index is -0.782. The van der Waals surface area contributed by atoms with Gasteiger partial charge in [-0.15, -0.1) is 0 Å². The molecule has 30 heavy (non-hydrogen) atoms. The maximum absolute atomic E-state index is 12.5. The average molecular weight is 414 g/mol. The minimum absolute atomic E-state index is 0.133. The highest BCUT2D eigenvalue weighted by Gasteiger charge is 2.23. The zero-order valence-electron chi connectivity index (χ0n) is 16.9. The van der Waals surface area contributed by atoms with Crippen LogP contribution in [0.5, 0.6) is 0 Å². The van der Waals surface area contributed by atoms with E-state index in [4.69, 9.17) is 10.5 Å². The Kier molecular flexibility index (Phi) is 6.71. The van der Waals surface area contributed by atoms with E-state index >= 15 is 0 Å². The predicted octanol–water partition coefficient (Wildman–Crippen LogP) is 1.25. The number of esters is 1. The van der Waals surface area contributed by atoms with Crippen LogP contribution in [0.4, 0.5) is 11.5 Å². The van der Waals surface area contributed by atoms with Crippen LogP contribution in [0.1, 0.15) is 37.7 Å². The Hall–Kier alpha value is -3.36. The highest BCUT2D eigenvalue weighted by molar-refractivity contribution is 5.96. The number of aromatic nitrogens is 2. The van der Waals surface area contributed by atoms with E-state index in [9.17, 15) is 19.2 Å². The maximum atomic E-state index is 12.5. The van der Waals surface area contributed by atoms with Gasteiger partial charge in [0.2, 0.25) is 0 Å². The molecule has 1 amide bonds. The Morgan fingerprint density at radius 2 is 1.87 bits per heavy atom. The molecule has 2 aromatic rings. The van der Waals surface area contributed by atoms with E-state index in [0.29, 0.717) is 12.3 Å². The van der Waals surface area contributed by atoms with Crippen molar-refractivity contribution in [3.05, 3.63) is 56.7 Å². The summed E-state index contributed by atoms with van der Waals surface area (Å²) in [7, 11) is 1.35. The van der Waals surface area contributed by atoms with Gasteiger partial charge in [-0.05, 0) is 24.3 Å². The minimum Gasteiger partial charge on any atom is -0.456 e. The van der Waals surface area contributed by atoms with Gasteiger partial charge in [0.1, 0.15) is 5.82 Å². The number of anilines is 2. The summed E-state index contributed by atoms with van der Waals surface area (Å²) in [6, 6.07) is 9.11. The molecule has 1 aliphatic carbocycles. The standard InChI is InChI=1S/C21H26N4O5/c1-24(16(26)13-30-17(27)11-14-7-5-6-8-14)18-19(22)25(21(29)23-20(18)28)12-15-9-3-2-4-10-15/h2-4,9-10,14H,5-8,11-13,22H2,1H3,(H,23,28,29). The van der Waals surface area contributed by atoms with Gasteiger partial charge < -0.3 is 15.4 Å². The Balaban J connectivity index is 1.72. The molecule has 1 heterocycles. The number of nitrogen functional groups attached to an aromatic ring is 1. The second-order valence-corrected chi connectivity index (χ2v) is 7.53. The van der Waals surface area contributed by atoms with Crippen molar-refractivity contribution >= 4 is 23.4 Å². The third-order valence-electron chi connectivity index (χ3n) is 5.39. The number of nitrogens with one attached hydrogen (secondary N) is 1. The summed E-state index contributed by atoms with van der Waals surface area (Å²) in [5.41, 5.74) is 5.26. The molecule has 0 atom stereocenters. The van der Waals surface area contributed by atoms with Gasteiger partial charge in [-0.3, -0.25) is 23.9 Å². The number of carbonyl (C=O) groups excluding carboxylic acids is 2. The zero-order valence-corrected chi connectivity index (χ0v) is 16.9. The van der Waals surface area contributed by atoms with Gasteiger partial charge in [0.15, 0.2) is 12.3 Å². The lowest BCUT2D eigenvalue weighted by molar-refractivity contribution is -0.148. The van der Waals surface area contributed by atoms with Crippen LogP contribution in [0, 0.1) is 5.92 Å². The molecule has 0 aliphatic heterocycles. The molecule has 1 saturated carbocycles. The molecule has 1 aliphatic rings. The van der Waals surface area contributed by atoms with Gasteiger partial charge in [-0.25, -0.2) is 4.79 Å². The number of likely N-dealkylation sites (N-methyl/N-ethyl adjacent to an activating group) is 1. The van der Waals surface area contributed by atoms with Crippen molar-refractivity contribution in [1.29, 1.82) is 0 Å². The number of nitrogens with two attached hydrogens (primary N) is 1. The highest BCUT2D eigenvalue weighted by Crippen LogP contribution is 2.27. The number of hydrogen-bond acceptors (Lipinski definition) is 6. The average Bonchev–Trinajstić information content (AvgIpc) is 3.22. The Bertz CT molecular complexity index is 1020. The first kappa shape index (κ1) is 21.4. The first-order valence-electron chi connectivity index (χ1n) is 9.95. The molecule has 160 valence electrons. The lowest BCUT2D eigenvalue weighted by atomic mass is 10.0. The largest absolute Gasteiger partial charge is 0.456 e. The molecule has 1 aromatic carbocycles. The van der Waals surface area contributed by atoms with Crippen molar-refractivity contribution < 1.29 is 14.3 Å². The van der Waals surface area contributed by atoms with Crippen LogP contribution in [0.2, 0.25) is 0 Å². The molecule has 0 radical (unpaired) electrons. The van der Waals surface area contributed by atoms with Crippen molar-refractivity contribution in [2.24, 2.45) is 5.92 Å². The fraction of sp³-hybridized carbons (Fsp3) is 0.429. The molecule has 1 aromatic heterocycles. The molecule has 0 bridgehead atoms. The molecule has 3 rings (SSSR count). The van der Waals surface area contributed by atoms with Crippen LogP contribution in [-0.2, 0) is 20.9 Å². The van der Waals surface area contributed by atoms with Gasteiger partial charge in [-0.2, -0.15) is 0 Å². The lowest BCUT2D eigenvalue weighted by Crippen LogP contribution is -2.40. The summed E-state index contributed by atoms with van der Waals surface area (Å²) in [5, 5.41) is 0. The molecule has 9 heteroatoms. The molecule has 0 saturated heterocycles. The number of carbonyl (C=O) groups is 2. The summed E-state index contributed by atoms with van der Waals surface area (Å²) in [6.45, 7) is -0.369. The third kappa shape index (κ3) is 4.97. The van der Waals surface area contributed by atoms with Crippen LogP contribution in [-0.4, -0.2) is 35.1 Å². The summed E-state index contributed by atoms with van der Waals surface area (Å²) >= 11 is 0. The van der Waals surface area contributed by atoms with E-state index in [1.165, 1.54) is 11.6 Å². The van der Waals surface area contributed by atoms with Gasteiger partial charge >= 0.3 is 11.7 Å². The number of aromatic amines is 1. The number of rotatable bonds is 7. The van der Waals surface area contributed by atoms with E-state index < -0.39 is 29.7 Å². The molecule has 1 fully saturated rings. The van der Waals surface area contributed by atoms with Gasteiger partial charge in [-0.1, -0.05) is 43.2 Å². The summed E-state index contributed by atoms with van der Waals surface area (Å²) in [4.78, 5) is 52.2. The monoisotopic (exact) mass is 414 g/mol. The predicted molar refractivity (Wildman–Crippen MR) is 112 cm³/mol. The Labute approximate surface area is 173 Å². The number of ether oxygens (including phenoxy) is 1. The van der Waals surface area contributed by atoms with Crippen molar-refractivity contribution in [3.63, 3.8) is 0 Å². The van der Waals surface area contributed by atoms with Crippen LogP contribution in [0.15, 0.2) is 39.9 Å². The number of hydrogen-bond donors (Lipinski definition) is 2. The normalized spacial score (nSPS) is 13.9. The van der Waals surface area contributed by atoms with E-state index in [-0.39, 0.29) is 18.1 Å². The number of H-pyrrole nitrogens is 1. The van der Waals surface area contributed by atoms with Crippen molar-refractivity contribution in [3.8, 4) is 0 Å². The van der Waals surface area contributed by atoms with Crippen LogP contribution in [0.3, 0.4) is 0 Å². The van der Waals surface area contributed by atoms with Crippen LogP contribution < -0.4 is 21.9 Å². The molecule has 3 N–H and O–H groups in total. The van der Waals surface area contributed by atoms with Crippen LogP contribution >= 0.6 is 0 Å². The van der Waals surface area contributed by atoms with Crippen LogP contribution in [0.25, 0.3) is 0 Å². The van der Waals surface area contributed by atoms with E-state index in [1.54, 1.807) is 0 Å². The Morgan fingerprint density at radius 3 is 2.53 bits per heavy atom. The van der Waals surface area contributed by atoms with Gasteiger partial charge in [0, 0.05) is 13.5 Å². The summed E-state index contributed by atoms with van der Waals surface area (Å²) in [6.07, 6.45) is 4.51. The number of nitrogens with zero attached hydrogens (tertiary/aromatic N) is 2. The summed E-state index contributed by atoms with van der Waals surface area (Å²) < 4.78 is 6.27. The maximum Gasteiger partial charge on any atom is 0.330 e. The fourth-order valence-corrected chi connectivity index (χ4v) is 3.70. The van der Waals surface area contributed by atoms with E-state index in [2.05, 4.69) is 4.98 Å². The molecule has 0 spiro atoms. The number of benzene rings is 1. The van der Waals surface area contributed by atoms with Gasteiger partial charge in [0.25, 0.3) is 11.5 Å². The second-order valence-electron chi connectivity index (χ2n) is 7.53. The lowest BCUT2D eigenvalue weighted by Gasteiger charge is -2.20. The first-order chi connectivity index (χ1) is 14.4.